The quantitative estimate of drug-likeness (QED) is 0.186. The van der Waals surface area contributed by atoms with E-state index in [1.807, 2.05) is 48.5 Å². The molecule has 0 aliphatic heterocycles. The van der Waals surface area contributed by atoms with Crippen LogP contribution in [0.2, 0.25) is 0 Å². The number of hydrogen-bond donors (Lipinski definition) is 0. The summed E-state index contributed by atoms with van der Waals surface area (Å²) in [6.45, 7) is 0.597. The molecule has 0 spiro atoms. The molecule has 0 fully saturated rings. The summed E-state index contributed by atoms with van der Waals surface area (Å²) in [5, 5.41) is 14.8. The third-order valence-electron chi connectivity index (χ3n) is 3.85. The fourth-order valence-electron chi connectivity index (χ4n) is 2.43. The van der Waals surface area contributed by atoms with E-state index in [4.69, 9.17) is 9.57 Å². The Morgan fingerprint density at radius 3 is 2.54 bits per heavy atom. The van der Waals surface area contributed by atoms with E-state index in [0.29, 0.717) is 17.9 Å². The predicted octanol–water partition coefficient (Wildman–Crippen LogP) is 5.33. The number of non-ortho nitro benzene ring substituents is 1. The summed E-state index contributed by atoms with van der Waals surface area (Å²) in [6.07, 6.45) is 1.57. The second-order valence-electron chi connectivity index (χ2n) is 5.89. The van der Waals surface area contributed by atoms with Crippen molar-refractivity contribution >= 4 is 34.5 Å². The van der Waals surface area contributed by atoms with Crippen LogP contribution in [-0.4, -0.2) is 11.1 Å². The maximum atomic E-state index is 10.8. The van der Waals surface area contributed by atoms with Gasteiger partial charge in [0.05, 0.1) is 11.1 Å². The first-order valence-corrected chi connectivity index (χ1v) is 9.54. The zero-order valence-electron chi connectivity index (χ0n) is 14.8. The lowest BCUT2D eigenvalue weighted by Crippen LogP contribution is -1.98. The normalized spacial score (nSPS) is 10.8. The summed E-state index contributed by atoms with van der Waals surface area (Å²) in [4.78, 5) is 15.7. The van der Waals surface area contributed by atoms with Crippen molar-refractivity contribution in [2.45, 2.75) is 13.2 Å². The van der Waals surface area contributed by atoms with Gasteiger partial charge >= 0.3 is 0 Å². The summed E-state index contributed by atoms with van der Waals surface area (Å²) in [6, 6.07) is 21.9. The maximum Gasteiger partial charge on any atom is 0.269 e. The smallest absolute Gasteiger partial charge is 0.269 e. The van der Waals surface area contributed by atoms with Gasteiger partial charge in [-0.05, 0) is 58.0 Å². The van der Waals surface area contributed by atoms with Gasteiger partial charge in [-0.25, -0.2) is 0 Å². The number of nitrogens with zero attached hydrogens (tertiary/aromatic N) is 2. The molecule has 0 aliphatic carbocycles. The lowest BCUT2D eigenvalue weighted by atomic mass is 10.2. The molecule has 0 aromatic heterocycles. The van der Waals surface area contributed by atoms with Crippen LogP contribution in [0.1, 0.15) is 16.7 Å². The average molecular weight is 488 g/mol. The Bertz CT molecular complexity index is 974. The van der Waals surface area contributed by atoms with Gasteiger partial charge in [-0.2, -0.15) is 0 Å². The predicted molar refractivity (Wildman–Crippen MR) is 115 cm³/mol. The molecule has 28 heavy (non-hydrogen) atoms. The van der Waals surface area contributed by atoms with Crippen LogP contribution in [0.3, 0.4) is 0 Å². The van der Waals surface area contributed by atoms with E-state index < -0.39 is 4.92 Å². The zero-order valence-corrected chi connectivity index (χ0v) is 17.0. The van der Waals surface area contributed by atoms with Crippen LogP contribution in [0.4, 0.5) is 5.69 Å². The van der Waals surface area contributed by atoms with Crippen molar-refractivity contribution in [3.63, 3.8) is 0 Å². The van der Waals surface area contributed by atoms with Gasteiger partial charge in [-0.1, -0.05) is 41.6 Å². The van der Waals surface area contributed by atoms with E-state index in [2.05, 4.69) is 27.7 Å². The fourth-order valence-corrected chi connectivity index (χ4v) is 2.79. The molecule has 0 unspecified atom stereocenters. The molecular weight excluding hydrogens is 471 g/mol. The highest BCUT2D eigenvalue weighted by atomic mass is 127. The number of rotatable bonds is 8. The maximum absolute atomic E-state index is 10.8. The molecule has 0 radical (unpaired) electrons. The molecular formula is C21H17IN2O4. The number of para-hydroxylation sites is 1. The molecule has 6 nitrogen and oxygen atoms in total. The van der Waals surface area contributed by atoms with E-state index >= 15 is 0 Å². The van der Waals surface area contributed by atoms with E-state index in [1.165, 1.54) is 15.7 Å². The van der Waals surface area contributed by atoms with Crippen molar-refractivity contribution in [1.82, 2.24) is 0 Å². The fraction of sp³-hybridized carbons (Fsp3) is 0.0952. The van der Waals surface area contributed by atoms with Crippen LogP contribution >= 0.6 is 22.6 Å². The van der Waals surface area contributed by atoms with Crippen LogP contribution in [0.25, 0.3) is 0 Å². The van der Waals surface area contributed by atoms with Gasteiger partial charge in [0.2, 0.25) is 0 Å². The van der Waals surface area contributed by atoms with Crippen LogP contribution in [-0.2, 0) is 18.1 Å². The van der Waals surface area contributed by atoms with Gasteiger partial charge in [0.1, 0.15) is 19.0 Å². The first-order chi connectivity index (χ1) is 13.6. The van der Waals surface area contributed by atoms with Crippen molar-refractivity contribution in [2.24, 2.45) is 5.16 Å². The Morgan fingerprint density at radius 1 is 0.964 bits per heavy atom. The minimum Gasteiger partial charge on any atom is -0.488 e. The Balaban J connectivity index is 1.59. The third kappa shape index (κ3) is 5.78. The SMILES string of the molecule is O=[N+]([O-])c1cccc(CO/N=C\c2ccccc2OCc2ccc(I)cc2)c1. The molecule has 3 aromatic carbocycles. The molecule has 0 amide bonds. The molecule has 0 atom stereocenters. The van der Waals surface area contributed by atoms with E-state index in [0.717, 1.165) is 11.1 Å². The molecule has 0 heterocycles. The molecule has 7 heteroatoms. The summed E-state index contributed by atoms with van der Waals surface area (Å²) in [7, 11) is 0. The monoisotopic (exact) mass is 488 g/mol. The minimum atomic E-state index is -0.437. The first kappa shape index (κ1) is 19.8. The summed E-state index contributed by atoms with van der Waals surface area (Å²) in [5.41, 5.74) is 2.56. The molecule has 0 bridgehead atoms. The van der Waals surface area contributed by atoms with Crippen LogP contribution < -0.4 is 4.74 Å². The minimum absolute atomic E-state index is 0.0272. The van der Waals surface area contributed by atoms with Gasteiger partial charge in [0.25, 0.3) is 5.69 Å². The van der Waals surface area contributed by atoms with Gasteiger partial charge in [0.15, 0.2) is 0 Å². The van der Waals surface area contributed by atoms with Crippen molar-refractivity contribution < 1.29 is 14.5 Å². The molecule has 3 rings (SSSR count). The summed E-state index contributed by atoms with van der Waals surface area (Å²) >= 11 is 2.26. The lowest BCUT2D eigenvalue weighted by molar-refractivity contribution is -0.384. The Morgan fingerprint density at radius 2 is 1.75 bits per heavy atom. The van der Waals surface area contributed by atoms with Crippen molar-refractivity contribution in [2.75, 3.05) is 0 Å². The second kappa shape index (κ2) is 9.84. The molecule has 0 saturated carbocycles. The highest BCUT2D eigenvalue weighted by Gasteiger charge is 2.06. The second-order valence-corrected chi connectivity index (χ2v) is 7.13. The van der Waals surface area contributed by atoms with Gasteiger partial charge < -0.3 is 9.57 Å². The number of halogens is 1. The van der Waals surface area contributed by atoms with E-state index in [-0.39, 0.29) is 12.3 Å². The summed E-state index contributed by atoms with van der Waals surface area (Å²) in [5.74, 6) is 0.698. The number of nitro benzene ring substituents is 1. The molecule has 142 valence electrons. The van der Waals surface area contributed by atoms with Crippen LogP contribution in [0.15, 0.2) is 78.0 Å². The molecule has 0 aliphatic rings. The van der Waals surface area contributed by atoms with Gasteiger partial charge in [0, 0.05) is 21.3 Å². The molecule has 0 N–H and O–H groups in total. The van der Waals surface area contributed by atoms with Crippen molar-refractivity contribution in [3.05, 3.63) is 103 Å². The largest absolute Gasteiger partial charge is 0.488 e. The molecule has 0 saturated heterocycles. The number of hydrogen-bond acceptors (Lipinski definition) is 5. The van der Waals surface area contributed by atoms with Crippen molar-refractivity contribution in [3.8, 4) is 5.75 Å². The third-order valence-corrected chi connectivity index (χ3v) is 4.56. The average Bonchev–Trinajstić information content (AvgIpc) is 2.72. The Kier molecular flexibility index (Phi) is 6.96. The van der Waals surface area contributed by atoms with E-state index in [9.17, 15) is 10.1 Å². The number of benzene rings is 3. The molecule has 3 aromatic rings. The highest BCUT2D eigenvalue weighted by molar-refractivity contribution is 14.1. The zero-order chi connectivity index (χ0) is 19.8. The number of ether oxygens (including phenoxy) is 1. The van der Waals surface area contributed by atoms with Crippen molar-refractivity contribution in [1.29, 1.82) is 0 Å². The van der Waals surface area contributed by atoms with Crippen LogP contribution in [0.5, 0.6) is 5.75 Å². The lowest BCUT2D eigenvalue weighted by Gasteiger charge is -2.09. The first-order valence-electron chi connectivity index (χ1n) is 8.47. The standard InChI is InChI=1S/C21H17IN2O4/c22-19-10-8-16(9-11-19)14-27-21-7-2-1-5-18(21)13-23-28-15-17-4-3-6-20(12-17)24(25)26/h1-13H,14-15H2/b23-13-. The Labute approximate surface area is 176 Å². The highest BCUT2D eigenvalue weighted by Crippen LogP contribution is 2.19. The van der Waals surface area contributed by atoms with E-state index in [1.54, 1.807) is 18.3 Å². The summed E-state index contributed by atoms with van der Waals surface area (Å²) < 4.78 is 7.07. The van der Waals surface area contributed by atoms with Crippen LogP contribution in [0, 0.1) is 13.7 Å². The van der Waals surface area contributed by atoms with Gasteiger partial charge in [-0.15, -0.1) is 0 Å². The Hall–Kier alpha value is -2.94. The topological polar surface area (TPSA) is 74.0 Å². The number of oxime groups is 1. The van der Waals surface area contributed by atoms with Gasteiger partial charge in [-0.3, -0.25) is 10.1 Å². The number of nitro groups is 1.